The molecule has 4 nitrogen and oxygen atoms in total. The molecular formula is C67H75BN2O2. The highest BCUT2D eigenvalue weighted by molar-refractivity contribution is 7.00. The van der Waals surface area contributed by atoms with Crippen LogP contribution in [0.2, 0.25) is 0 Å². The van der Waals surface area contributed by atoms with Crippen LogP contribution in [0, 0.1) is 6.92 Å². The van der Waals surface area contributed by atoms with E-state index in [1.54, 1.807) is 0 Å². The fourth-order valence-corrected chi connectivity index (χ4v) is 14.4. The van der Waals surface area contributed by atoms with E-state index in [0.717, 1.165) is 71.0 Å². The van der Waals surface area contributed by atoms with Crippen LogP contribution in [0.25, 0.3) is 32.9 Å². The summed E-state index contributed by atoms with van der Waals surface area (Å²) in [5.74, 6) is 0. The molecule has 5 heteroatoms. The van der Waals surface area contributed by atoms with E-state index in [9.17, 15) is 0 Å². The lowest BCUT2D eigenvalue weighted by Crippen LogP contribution is -2.61. The maximum atomic E-state index is 7.76. The monoisotopic (exact) mass is 951 g/mol. The molecule has 4 heterocycles. The van der Waals surface area contributed by atoms with E-state index in [-0.39, 0.29) is 44.6 Å². The average Bonchev–Trinajstić information content (AvgIpc) is 3.88. The standard InChI is InChI=1S/C67H75BN2O2/c1-38-30-52-58-53(31-38)70(50-18-17-19-55-57(50)41-32-39(61(2,3)4)20-23-54(41)71-55)51-36-47-46(65(11,12)27-28-66(47,13)14)35-49(51)68(58)60-59(42-34-45-48(37-56(42)72-60)67(15,16)29-26-64(45,9)10)69(52)40-21-22-43-44(33-40)63(7,8)25-24-62(43,5)6/h17-23,30-37H,24-29H2,1-16H3. The highest BCUT2D eigenvalue weighted by Crippen LogP contribution is 2.56. The van der Waals surface area contributed by atoms with Crippen molar-refractivity contribution in [3.05, 3.63) is 136 Å². The van der Waals surface area contributed by atoms with Gasteiger partial charge in [-0.2, -0.15) is 0 Å². The first-order chi connectivity index (χ1) is 33.7. The van der Waals surface area contributed by atoms with Gasteiger partial charge in [-0.25, -0.2) is 0 Å². The Labute approximate surface area is 429 Å². The number of aryl methyl sites for hydroxylation is 1. The van der Waals surface area contributed by atoms with Crippen molar-refractivity contribution in [2.75, 3.05) is 9.80 Å². The number of anilines is 6. The van der Waals surface area contributed by atoms with E-state index in [4.69, 9.17) is 8.83 Å². The predicted molar refractivity (Wildman–Crippen MR) is 307 cm³/mol. The Morgan fingerprint density at radius 1 is 0.458 bits per heavy atom. The second kappa shape index (κ2) is 14.3. The Morgan fingerprint density at radius 2 is 1.01 bits per heavy atom. The predicted octanol–water partition coefficient (Wildman–Crippen LogP) is 17.1. The van der Waals surface area contributed by atoms with Gasteiger partial charge in [-0.1, -0.05) is 128 Å². The van der Waals surface area contributed by atoms with Gasteiger partial charge in [-0.05, 0) is 206 Å². The quantitative estimate of drug-likeness (QED) is 0.162. The molecule has 0 radical (unpaired) electrons. The molecule has 0 atom stereocenters. The molecule has 0 spiro atoms. The molecule has 2 aliphatic heterocycles. The highest BCUT2D eigenvalue weighted by Gasteiger charge is 2.50. The molecule has 0 amide bonds. The number of nitrogens with zero attached hydrogens (tertiary/aromatic N) is 2. The van der Waals surface area contributed by atoms with Crippen molar-refractivity contribution in [2.45, 2.75) is 187 Å². The van der Waals surface area contributed by atoms with Gasteiger partial charge in [0.2, 0.25) is 0 Å². The van der Waals surface area contributed by atoms with Gasteiger partial charge in [0.05, 0.1) is 22.4 Å². The van der Waals surface area contributed by atoms with Crippen molar-refractivity contribution in [3.63, 3.8) is 0 Å². The van der Waals surface area contributed by atoms with Crippen molar-refractivity contribution in [1.82, 2.24) is 0 Å². The van der Waals surface area contributed by atoms with Gasteiger partial charge in [0.25, 0.3) is 6.71 Å². The molecular weight excluding hydrogens is 876 g/mol. The molecule has 8 aromatic rings. The van der Waals surface area contributed by atoms with Crippen molar-refractivity contribution in [1.29, 1.82) is 0 Å². The minimum atomic E-state index is -0.148. The summed E-state index contributed by atoms with van der Waals surface area (Å²) in [4.78, 5) is 5.29. The molecule has 13 rings (SSSR count). The summed E-state index contributed by atoms with van der Waals surface area (Å²) < 4.78 is 14.6. The molecule has 0 fully saturated rings. The first-order valence-electron chi connectivity index (χ1n) is 27.3. The number of fused-ring (bicyclic) bond motifs is 12. The smallest absolute Gasteiger partial charge is 0.297 e. The Bertz CT molecular complexity index is 3670. The van der Waals surface area contributed by atoms with Gasteiger partial charge >= 0.3 is 0 Å². The first-order valence-corrected chi connectivity index (χ1v) is 27.3. The van der Waals surface area contributed by atoms with E-state index < -0.39 is 0 Å². The number of benzene rings is 6. The van der Waals surface area contributed by atoms with Gasteiger partial charge in [0, 0.05) is 33.5 Å². The van der Waals surface area contributed by atoms with Gasteiger partial charge in [-0.3, -0.25) is 0 Å². The number of furan rings is 2. The van der Waals surface area contributed by atoms with Crippen LogP contribution < -0.4 is 26.4 Å². The Balaban J connectivity index is 1.18. The van der Waals surface area contributed by atoms with Crippen molar-refractivity contribution >= 4 is 90.3 Å². The molecule has 0 unspecified atom stereocenters. The zero-order valence-electron chi connectivity index (χ0n) is 46.2. The molecule has 0 bridgehead atoms. The summed E-state index contributed by atoms with van der Waals surface area (Å²) in [6.07, 6.45) is 6.93. The fraction of sp³-hybridized carbons (Fsp3) is 0.433. The van der Waals surface area contributed by atoms with Crippen LogP contribution in [-0.4, -0.2) is 6.71 Å². The maximum Gasteiger partial charge on any atom is 0.297 e. The lowest BCUT2D eigenvalue weighted by molar-refractivity contribution is 0.332. The largest absolute Gasteiger partial charge is 0.468 e. The molecule has 0 N–H and O–H groups in total. The molecule has 3 aliphatic carbocycles. The van der Waals surface area contributed by atoms with Crippen LogP contribution in [0.5, 0.6) is 0 Å². The van der Waals surface area contributed by atoms with Crippen molar-refractivity contribution in [3.8, 4) is 0 Å². The van der Waals surface area contributed by atoms with E-state index in [0.29, 0.717) is 0 Å². The summed E-state index contributed by atoms with van der Waals surface area (Å²) in [7, 11) is 0. The molecule has 0 saturated carbocycles. The zero-order chi connectivity index (χ0) is 50.8. The topological polar surface area (TPSA) is 32.8 Å². The van der Waals surface area contributed by atoms with Crippen molar-refractivity contribution < 1.29 is 8.83 Å². The number of hydrogen-bond acceptors (Lipinski definition) is 4. The second-order valence-corrected chi connectivity index (χ2v) is 28.2. The molecule has 6 aromatic carbocycles. The summed E-state index contributed by atoms with van der Waals surface area (Å²) in [6.45, 7) is 38.6. The zero-order valence-corrected chi connectivity index (χ0v) is 46.2. The van der Waals surface area contributed by atoms with Crippen LogP contribution in [0.3, 0.4) is 0 Å². The molecule has 0 saturated heterocycles. The summed E-state index contributed by atoms with van der Waals surface area (Å²) >= 11 is 0. The van der Waals surface area contributed by atoms with Gasteiger partial charge in [0.1, 0.15) is 16.7 Å². The number of hydrogen-bond donors (Lipinski definition) is 0. The highest BCUT2D eigenvalue weighted by atomic mass is 16.3. The van der Waals surface area contributed by atoms with Crippen molar-refractivity contribution in [2.24, 2.45) is 0 Å². The van der Waals surface area contributed by atoms with Gasteiger partial charge < -0.3 is 18.6 Å². The molecule has 72 heavy (non-hydrogen) atoms. The van der Waals surface area contributed by atoms with Gasteiger partial charge in [-0.15, -0.1) is 0 Å². The summed E-state index contributed by atoms with van der Waals surface area (Å²) in [6, 6.07) is 36.3. The second-order valence-electron chi connectivity index (χ2n) is 28.2. The Hall–Kier alpha value is -5.68. The lowest BCUT2D eigenvalue weighted by Gasteiger charge is -2.47. The fourth-order valence-electron chi connectivity index (χ4n) is 14.4. The van der Waals surface area contributed by atoms with E-state index in [1.807, 2.05) is 0 Å². The minimum absolute atomic E-state index is 0.000900. The van der Waals surface area contributed by atoms with E-state index in [1.165, 1.54) is 95.7 Å². The Kier molecular flexibility index (Phi) is 9.18. The molecule has 5 aliphatic rings. The SMILES string of the molecule is Cc1cc2c3c(c1)N(c1cccc4oc5ccc(C(C)(C)C)cc5c14)c1cc4c(cc1B3c1oc3cc5c(cc3c1N2c1ccc2c(c1)C(C)(C)CCC2(C)C)C(C)(C)CCC5(C)C)C(C)(C)CCC4(C)C. The molecule has 2 aromatic heterocycles. The van der Waals surface area contributed by atoms with Crippen LogP contribution in [0.1, 0.15) is 187 Å². The van der Waals surface area contributed by atoms with E-state index >= 15 is 0 Å². The first kappa shape index (κ1) is 46.1. The number of rotatable bonds is 2. The van der Waals surface area contributed by atoms with Crippen LogP contribution in [0.4, 0.5) is 34.1 Å². The third-order valence-electron chi connectivity index (χ3n) is 19.4. The van der Waals surface area contributed by atoms with Crippen LogP contribution in [-0.2, 0) is 37.9 Å². The lowest BCUT2D eigenvalue weighted by atomic mass is 9.35. The third kappa shape index (κ3) is 6.36. The Morgan fingerprint density at radius 3 is 1.64 bits per heavy atom. The third-order valence-corrected chi connectivity index (χ3v) is 19.4. The van der Waals surface area contributed by atoms with E-state index in [2.05, 4.69) is 212 Å². The maximum absolute atomic E-state index is 7.76. The van der Waals surface area contributed by atoms with Crippen LogP contribution >= 0.6 is 0 Å². The summed E-state index contributed by atoms with van der Waals surface area (Å²) in [5.41, 5.74) is 25.2. The average molecular weight is 951 g/mol. The van der Waals surface area contributed by atoms with Gasteiger partial charge in [0.15, 0.2) is 0 Å². The normalized spacial score (nSPS) is 20.5. The minimum Gasteiger partial charge on any atom is -0.468 e. The summed E-state index contributed by atoms with van der Waals surface area (Å²) in [5, 5.41) is 3.53. The van der Waals surface area contributed by atoms with Crippen LogP contribution in [0.15, 0.2) is 99.8 Å². The molecule has 368 valence electrons.